The van der Waals surface area contributed by atoms with Gasteiger partial charge in [0.05, 0.1) is 18.0 Å². The van der Waals surface area contributed by atoms with Crippen molar-refractivity contribution in [2.24, 2.45) is 0 Å². The highest BCUT2D eigenvalue weighted by Gasteiger charge is 2.04. The lowest BCUT2D eigenvalue weighted by atomic mass is 10.4. The summed E-state index contributed by atoms with van der Waals surface area (Å²) < 4.78 is 14.6. The second-order valence-electron chi connectivity index (χ2n) is 4.74. The van der Waals surface area contributed by atoms with Gasteiger partial charge in [-0.25, -0.2) is 4.39 Å². The minimum atomic E-state index is -0.270. The van der Waals surface area contributed by atoms with Crippen molar-refractivity contribution < 1.29 is 9.18 Å². The van der Waals surface area contributed by atoms with E-state index < -0.39 is 0 Å². The van der Waals surface area contributed by atoms with Gasteiger partial charge in [-0.05, 0) is 44.2 Å². The van der Waals surface area contributed by atoms with E-state index in [0.29, 0.717) is 18.8 Å². The molecule has 1 amide bonds. The molecule has 0 fully saturated rings. The number of aromatic nitrogens is 2. The van der Waals surface area contributed by atoms with E-state index in [1.54, 1.807) is 12.1 Å². The maximum Gasteiger partial charge on any atom is 0.230 e. The quantitative estimate of drug-likeness (QED) is 0.834. The van der Waals surface area contributed by atoms with E-state index in [1.165, 1.54) is 23.9 Å². The number of rotatable bonds is 6. The SMILES string of the molecule is Cc1cc(C)n(CCNC(=O)CSc2ccc(F)cc2)n1. The van der Waals surface area contributed by atoms with Gasteiger partial charge in [0.1, 0.15) is 5.82 Å². The predicted molar refractivity (Wildman–Crippen MR) is 81.8 cm³/mol. The highest BCUT2D eigenvalue weighted by atomic mass is 32.2. The molecule has 21 heavy (non-hydrogen) atoms. The van der Waals surface area contributed by atoms with Crippen LogP contribution in [0.15, 0.2) is 35.2 Å². The Kier molecular flexibility index (Phi) is 5.38. The van der Waals surface area contributed by atoms with Crippen LogP contribution in [0.3, 0.4) is 0 Å². The maximum absolute atomic E-state index is 12.8. The molecule has 112 valence electrons. The number of nitrogens with one attached hydrogen (secondary N) is 1. The summed E-state index contributed by atoms with van der Waals surface area (Å²) in [5.41, 5.74) is 2.06. The first kappa shape index (κ1) is 15.6. The van der Waals surface area contributed by atoms with Crippen LogP contribution in [0.5, 0.6) is 0 Å². The number of thioether (sulfide) groups is 1. The zero-order chi connectivity index (χ0) is 15.2. The Morgan fingerprint density at radius 1 is 1.33 bits per heavy atom. The third kappa shape index (κ3) is 4.90. The molecule has 0 saturated carbocycles. The molecule has 0 aliphatic rings. The van der Waals surface area contributed by atoms with Gasteiger partial charge < -0.3 is 5.32 Å². The van der Waals surface area contributed by atoms with Gasteiger partial charge in [0.2, 0.25) is 5.91 Å². The lowest BCUT2D eigenvalue weighted by Gasteiger charge is -2.07. The van der Waals surface area contributed by atoms with E-state index in [4.69, 9.17) is 0 Å². The molecule has 2 rings (SSSR count). The third-order valence-corrected chi connectivity index (χ3v) is 3.94. The van der Waals surface area contributed by atoms with Crippen molar-refractivity contribution in [2.45, 2.75) is 25.3 Å². The molecule has 2 aromatic rings. The lowest BCUT2D eigenvalue weighted by molar-refractivity contribution is -0.118. The van der Waals surface area contributed by atoms with Gasteiger partial charge in [0, 0.05) is 17.1 Å². The number of hydrogen-bond acceptors (Lipinski definition) is 3. The lowest BCUT2D eigenvalue weighted by Crippen LogP contribution is -2.29. The molecular formula is C15H18FN3OS. The number of nitrogens with zero attached hydrogens (tertiary/aromatic N) is 2. The van der Waals surface area contributed by atoms with Crippen LogP contribution in [0.4, 0.5) is 4.39 Å². The normalized spacial score (nSPS) is 10.6. The van der Waals surface area contributed by atoms with Crippen LogP contribution in [0.25, 0.3) is 0 Å². The molecule has 0 saturated heterocycles. The Morgan fingerprint density at radius 2 is 2.05 bits per heavy atom. The highest BCUT2D eigenvalue weighted by Crippen LogP contribution is 2.17. The van der Waals surface area contributed by atoms with Gasteiger partial charge >= 0.3 is 0 Å². The Morgan fingerprint density at radius 3 is 2.67 bits per heavy atom. The first-order chi connectivity index (χ1) is 10.0. The van der Waals surface area contributed by atoms with E-state index >= 15 is 0 Å². The molecule has 1 aromatic heterocycles. The predicted octanol–water partition coefficient (Wildman–Crippen LogP) is 2.55. The van der Waals surface area contributed by atoms with E-state index in [2.05, 4.69) is 10.4 Å². The number of carbonyl (C=O) groups excluding carboxylic acids is 1. The summed E-state index contributed by atoms with van der Waals surface area (Å²) in [4.78, 5) is 12.6. The summed E-state index contributed by atoms with van der Waals surface area (Å²) >= 11 is 1.39. The Balaban J connectivity index is 1.70. The molecular weight excluding hydrogens is 289 g/mol. The monoisotopic (exact) mass is 307 g/mol. The molecule has 0 aliphatic heterocycles. The molecule has 0 spiro atoms. The van der Waals surface area contributed by atoms with Crippen LogP contribution in [0, 0.1) is 19.7 Å². The minimum Gasteiger partial charge on any atom is -0.354 e. The smallest absolute Gasteiger partial charge is 0.230 e. The molecule has 1 aromatic carbocycles. The summed E-state index contributed by atoms with van der Waals surface area (Å²) in [5.74, 6) is 0.0162. The number of amides is 1. The van der Waals surface area contributed by atoms with E-state index in [9.17, 15) is 9.18 Å². The first-order valence-corrected chi connectivity index (χ1v) is 7.69. The van der Waals surface area contributed by atoms with Gasteiger partial charge in [-0.1, -0.05) is 0 Å². The Bertz CT molecular complexity index is 610. The number of halogens is 1. The van der Waals surface area contributed by atoms with Gasteiger partial charge in [0.25, 0.3) is 0 Å². The zero-order valence-corrected chi connectivity index (χ0v) is 12.9. The van der Waals surface area contributed by atoms with E-state index in [1.807, 2.05) is 24.6 Å². The number of carbonyl (C=O) groups is 1. The summed E-state index contributed by atoms with van der Waals surface area (Å²) in [6, 6.07) is 8.13. The third-order valence-electron chi connectivity index (χ3n) is 2.93. The summed E-state index contributed by atoms with van der Waals surface area (Å²) in [7, 11) is 0. The first-order valence-electron chi connectivity index (χ1n) is 6.71. The standard InChI is InChI=1S/C15H18FN3OS/c1-11-9-12(2)19(18-11)8-7-17-15(20)10-21-14-5-3-13(16)4-6-14/h3-6,9H,7-8,10H2,1-2H3,(H,17,20). The summed E-state index contributed by atoms with van der Waals surface area (Å²) in [6.45, 7) is 5.14. The second-order valence-corrected chi connectivity index (χ2v) is 5.79. The topological polar surface area (TPSA) is 46.9 Å². The van der Waals surface area contributed by atoms with Crippen LogP contribution in [0.1, 0.15) is 11.4 Å². The molecule has 0 atom stereocenters. The fourth-order valence-corrected chi connectivity index (χ4v) is 2.66. The average molecular weight is 307 g/mol. The fourth-order valence-electron chi connectivity index (χ4n) is 1.93. The van der Waals surface area contributed by atoms with Gasteiger partial charge in [-0.2, -0.15) is 5.10 Å². The molecule has 0 bridgehead atoms. The van der Waals surface area contributed by atoms with Crippen LogP contribution < -0.4 is 5.32 Å². The largest absolute Gasteiger partial charge is 0.354 e. The van der Waals surface area contributed by atoms with Crippen molar-refractivity contribution in [3.8, 4) is 0 Å². The molecule has 0 aliphatic carbocycles. The Labute approximate surface area is 127 Å². The van der Waals surface area contributed by atoms with E-state index in [-0.39, 0.29) is 11.7 Å². The molecule has 0 unspecified atom stereocenters. The average Bonchev–Trinajstić information content (AvgIpc) is 2.76. The van der Waals surface area contributed by atoms with Crippen LogP contribution in [-0.4, -0.2) is 28.0 Å². The zero-order valence-electron chi connectivity index (χ0n) is 12.1. The molecule has 0 radical (unpaired) electrons. The fraction of sp³-hybridized carbons (Fsp3) is 0.333. The van der Waals surface area contributed by atoms with Crippen molar-refractivity contribution in [3.63, 3.8) is 0 Å². The van der Waals surface area contributed by atoms with Gasteiger partial charge in [-0.3, -0.25) is 9.48 Å². The second kappa shape index (κ2) is 7.26. The molecule has 1 N–H and O–H groups in total. The summed E-state index contributed by atoms with van der Waals surface area (Å²) in [6.07, 6.45) is 0. The van der Waals surface area contributed by atoms with Gasteiger partial charge in [0.15, 0.2) is 0 Å². The number of aryl methyl sites for hydroxylation is 2. The van der Waals surface area contributed by atoms with Crippen LogP contribution in [0.2, 0.25) is 0 Å². The highest BCUT2D eigenvalue weighted by molar-refractivity contribution is 8.00. The summed E-state index contributed by atoms with van der Waals surface area (Å²) in [5, 5.41) is 7.19. The van der Waals surface area contributed by atoms with Crippen molar-refractivity contribution in [3.05, 3.63) is 47.5 Å². The van der Waals surface area contributed by atoms with Gasteiger partial charge in [-0.15, -0.1) is 11.8 Å². The van der Waals surface area contributed by atoms with E-state index in [0.717, 1.165) is 16.3 Å². The molecule has 4 nitrogen and oxygen atoms in total. The van der Waals surface area contributed by atoms with Crippen molar-refractivity contribution in [2.75, 3.05) is 12.3 Å². The van der Waals surface area contributed by atoms with Crippen molar-refractivity contribution in [1.29, 1.82) is 0 Å². The minimum absolute atomic E-state index is 0.0362. The molecule has 1 heterocycles. The number of hydrogen-bond donors (Lipinski definition) is 1. The molecule has 6 heteroatoms. The number of benzene rings is 1. The van der Waals surface area contributed by atoms with Crippen LogP contribution in [-0.2, 0) is 11.3 Å². The maximum atomic E-state index is 12.8. The van der Waals surface area contributed by atoms with Crippen LogP contribution >= 0.6 is 11.8 Å². The van der Waals surface area contributed by atoms with Crippen molar-refractivity contribution in [1.82, 2.24) is 15.1 Å². The van der Waals surface area contributed by atoms with Crippen molar-refractivity contribution >= 4 is 17.7 Å². The Hall–Kier alpha value is -1.82.